The summed E-state index contributed by atoms with van der Waals surface area (Å²) < 4.78 is 59.3. The molecule has 6 aromatic rings. The largest absolute Gasteiger partial charge is 0.496 e. The quantitative estimate of drug-likeness (QED) is 0.0666. The minimum absolute atomic E-state index is 0.258. The van der Waals surface area contributed by atoms with E-state index >= 15 is 0 Å². The Morgan fingerprint density at radius 2 is 0.832 bits per heavy atom. The molecule has 3 unspecified atom stereocenters. The van der Waals surface area contributed by atoms with Crippen LogP contribution < -0.4 is 19.7 Å². The predicted octanol–water partition coefficient (Wildman–Crippen LogP) is 22.9. The van der Waals surface area contributed by atoms with Crippen molar-refractivity contribution in [3.63, 3.8) is 0 Å². The molecule has 3 atom stereocenters. The first-order valence-corrected chi connectivity index (χ1v) is 43.6. The number of aromatic nitrogens is 3. The summed E-state index contributed by atoms with van der Waals surface area (Å²) in [5, 5.41) is 10.2. The zero-order chi connectivity index (χ0) is 82.7. The molecule has 1 N–H and O–H groups in total. The van der Waals surface area contributed by atoms with E-state index in [4.69, 9.17) is 58.8 Å². The molecule has 0 saturated carbocycles. The number of carbonyl (C=O) groups excluding carboxylic acids is 2. The Kier molecular flexibility index (Phi) is 28.3. The first kappa shape index (κ1) is 89.1. The lowest BCUT2D eigenvalue weighted by atomic mass is 9.76. The first-order chi connectivity index (χ1) is 52.8. The van der Waals surface area contributed by atoms with Crippen LogP contribution >= 0.6 is 45.6 Å². The molecule has 4 aliphatic heterocycles. The van der Waals surface area contributed by atoms with E-state index < -0.39 is 41.1 Å². The van der Waals surface area contributed by atoms with Gasteiger partial charge in [0, 0.05) is 110 Å². The third-order valence-electron chi connectivity index (χ3n) is 22.0. The molecule has 0 spiro atoms. The summed E-state index contributed by atoms with van der Waals surface area (Å²) in [4.78, 5) is 57.3. The topological polar surface area (TPSA) is 202 Å². The molecule has 616 valence electrons. The van der Waals surface area contributed by atoms with Gasteiger partial charge in [0.15, 0.2) is 18.3 Å². The molecule has 0 bridgehead atoms. The van der Waals surface area contributed by atoms with E-state index in [1.807, 2.05) is 102 Å². The van der Waals surface area contributed by atoms with Crippen LogP contribution in [0.15, 0.2) is 55.0 Å². The number of rotatable bonds is 17. The molecule has 1 saturated heterocycles. The Morgan fingerprint density at radius 1 is 0.496 bits per heavy atom. The van der Waals surface area contributed by atoms with Crippen molar-refractivity contribution < 1.29 is 66.7 Å². The van der Waals surface area contributed by atoms with E-state index in [0.717, 1.165) is 223 Å². The molecule has 22 heteroatoms. The summed E-state index contributed by atoms with van der Waals surface area (Å²) in [6.45, 7) is 52.1. The second kappa shape index (κ2) is 35.9. The highest BCUT2D eigenvalue weighted by Gasteiger charge is 2.52. The van der Waals surface area contributed by atoms with Crippen molar-refractivity contribution in [3.05, 3.63) is 124 Å². The van der Waals surface area contributed by atoms with Gasteiger partial charge < -0.3 is 52.3 Å². The second-order valence-corrected chi connectivity index (χ2v) is 41.6. The van der Waals surface area contributed by atoms with Gasteiger partial charge in [-0.25, -0.2) is 29.3 Å². The van der Waals surface area contributed by atoms with Gasteiger partial charge >= 0.3 is 25.0 Å². The van der Waals surface area contributed by atoms with Crippen LogP contribution in [-0.4, -0.2) is 106 Å². The van der Waals surface area contributed by atoms with Gasteiger partial charge in [-0.15, -0.1) is 34.0 Å². The molecule has 6 aromatic heterocycles. The van der Waals surface area contributed by atoms with Gasteiger partial charge in [0.25, 0.3) is 0 Å². The predicted molar refractivity (Wildman–Crippen MR) is 459 cm³/mol. The van der Waals surface area contributed by atoms with Gasteiger partial charge in [-0.3, -0.25) is 0 Å². The highest BCUT2D eigenvalue weighted by molar-refractivity contribution is 7.17. The Bertz CT molecular complexity index is 4500. The molecule has 10 heterocycles. The number of thiophene rings is 3. The van der Waals surface area contributed by atoms with Crippen molar-refractivity contribution in [2.75, 3.05) is 33.0 Å². The number of allylic oxidation sites excluding steroid dienone is 6. The maximum Gasteiger partial charge on any atom is 0.496 e. The summed E-state index contributed by atoms with van der Waals surface area (Å²) in [5.41, 5.74) is 14.6. The fourth-order valence-corrected chi connectivity index (χ4v) is 19.0. The monoisotopic (exact) mass is 1630 g/mol. The van der Waals surface area contributed by atoms with Gasteiger partial charge in [0.1, 0.15) is 4.34 Å². The van der Waals surface area contributed by atoms with Gasteiger partial charge in [-0.1, -0.05) is 77.4 Å². The van der Waals surface area contributed by atoms with Crippen molar-refractivity contribution in [1.82, 2.24) is 15.0 Å². The van der Waals surface area contributed by atoms with E-state index in [9.17, 15) is 19.5 Å². The van der Waals surface area contributed by atoms with Crippen molar-refractivity contribution >= 4 is 92.8 Å². The number of aryl methyl sites for hydroxylation is 6. The van der Waals surface area contributed by atoms with Crippen molar-refractivity contribution in [1.29, 1.82) is 0 Å². The fraction of sp³-hybridized carbons (Fsp3) is 0.604. The van der Waals surface area contributed by atoms with Gasteiger partial charge in [-0.2, -0.15) is 0 Å². The van der Waals surface area contributed by atoms with E-state index in [1.54, 1.807) is 28.9 Å². The van der Waals surface area contributed by atoms with Crippen LogP contribution in [0.2, 0.25) is 4.34 Å². The number of pyridine rings is 3. The third kappa shape index (κ3) is 22.3. The Labute approximate surface area is 690 Å². The zero-order valence-corrected chi connectivity index (χ0v) is 75.1. The molecule has 0 amide bonds. The van der Waals surface area contributed by atoms with Crippen molar-refractivity contribution in [2.45, 2.75) is 309 Å². The number of nitrogens with zero attached hydrogens (tertiary/aromatic N) is 3. The highest BCUT2D eigenvalue weighted by atomic mass is 35.5. The number of fused-ring (bicyclic) bond motifs is 3. The van der Waals surface area contributed by atoms with Crippen molar-refractivity contribution in [3.8, 4) is 38.5 Å². The lowest BCUT2D eigenvalue weighted by Gasteiger charge is -2.32. The average molecular weight is 1630 g/mol. The normalized spacial score (nSPS) is 19.4. The Morgan fingerprint density at radius 3 is 1.19 bits per heavy atom. The number of ether oxygens (including phenoxy) is 8. The zero-order valence-electron chi connectivity index (χ0n) is 71.8. The lowest BCUT2D eigenvalue weighted by Crippen LogP contribution is -2.41. The lowest BCUT2D eigenvalue weighted by molar-refractivity contribution is -0.167. The van der Waals surface area contributed by atoms with Crippen LogP contribution in [0, 0.1) is 37.0 Å². The number of carboxylic acid groups (broad SMARTS) is 1. The number of carbonyl (C=O) groups is 3. The van der Waals surface area contributed by atoms with E-state index in [1.165, 1.54) is 28.1 Å². The van der Waals surface area contributed by atoms with Crippen molar-refractivity contribution in [2.24, 2.45) is 16.2 Å². The second-order valence-electron chi connectivity index (χ2n) is 37.3. The van der Waals surface area contributed by atoms with Gasteiger partial charge in [0.05, 0.1) is 61.0 Å². The SMILES string of the molecule is CC1(C)OB(c2cnc3c(c2)CCCO3)OC1(C)C.CCOC(=O)C(OC(C)(C)C)c1c(C)sc(-c2cnc3c(c2)CCCO3)c1C1=CCC(C)(C)CC1.CCOC(=O)C(OC(C)(C)C)c1c(C)sc(Cl)c1C1=CCC(C)(C)CC1.Cc1sc(-c2cnc3c(c2)CCCO3)c(C2=CCC(C)(C)CC2)c1C(OC(C)(C)C)C(=O)O. The smallest absolute Gasteiger partial charge is 0.479 e. The van der Waals surface area contributed by atoms with Crippen LogP contribution in [0.25, 0.3) is 37.6 Å². The van der Waals surface area contributed by atoms with E-state index in [-0.39, 0.29) is 41.1 Å². The minimum Gasteiger partial charge on any atom is -0.479 e. The summed E-state index contributed by atoms with van der Waals surface area (Å²) >= 11 is 11.5. The number of hydrogen-bond acceptors (Lipinski definition) is 19. The summed E-state index contributed by atoms with van der Waals surface area (Å²) in [6.07, 6.45) is 25.1. The summed E-state index contributed by atoms with van der Waals surface area (Å²) in [6, 6.07) is 6.49. The molecular weight excluding hydrogens is 1500 g/mol. The number of esters is 2. The number of carboxylic acids is 1. The summed E-state index contributed by atoms with van der Waals surface area (Å²) in [7, 11) is -0.343. The first-order valence-electron chi connectivity index (χ1n) is 40.7. The average Bonchev–Trinajstić information content (AvgIpc) is 1.62. The Balaban J connectivity index is 0.000000163. The van der Waals surface area contributed by atoms with Crippen LogP contribution in [0.3, 0.4) is 0 Å². The fourth-order valence-electron chi connectivity index (χ4n) is 15.1. The van der Waals surface area contributed by atoms with Crippen LogP contribution in [-0.2, 0) is 66.6 Å². The highest BCUT2D eigenvalue weighted by Crippen LogP contribution is 2.53. The van der Waals surface area contributed by atoms with Gasteiger partial charge in [0.2, 0.25) is 17.6 Å². The molecular formula is C91H125BClN3O14S3. The molecule has 1 fully saturated rings. The standard InChI is InChI=1S/C29H39NO4S.C27H35NO4S.C21H31ClO3S.C14H20BNO3/c1-8-32-27(31)24(34-28(3,4)5)22-18(2)35-25(23(22)19-11-13-29(6,7)14-12-19)21-16-20-10-9-15-33-26(20)30-17-21;1-16-20(22(25(29)30)32-26(2,3)4)21(17-9-11-27(5,6)12-10-17)23(33-16)19-14-18-8-7-13-31-24(18)28-15-19;1-8-24-19(23)17(25-20(3,4)5)15-13(2)26-18(22)16(15)14-9-11-21(6,7)12-10-14;1-13(2)14(3,4)19-15(18-13)11-8-10-6-5-7-17-12(10)16-9-11/h11,16-17,24H,8-10,12-15H2,1-7H3;9,14-15,22H,7-8,10-13H2,1-6H3,(H,29,30);9,17H,8,10-12H2,1-7H3;8-9H,5-7H2,1-4H3. The number of aliphatic carboxylic acids is 1. The molecule has 113 heavy (non-hydrogen) atoms. The van der Waals surface area contributed by atoms with Crippen LogP contribution in [0.5, 0.6) is 17.6 Å². The van der Waals surface area contributed by atoms with Crippen LogP contribution in [0.1, 0.15) is 305 Å². The van der Waals surface area contributed by atoms with Crippen LogP contribution in [0.4, 0.5) is 0 Å². The number of halogens is 1. The molecule has 3 aliphatic carbocycles. The minimum atomic E-state index is -1.02. The molecule has 0 radical (unpaired) electrons. The maximum absolute atomic E-state index is 13.3. The maximum atomic E-state index is 13.3. The summed E-state index contributed by atoms with van der Waals surface area (Å²) in [5.74, 6) is 0.592. The molecule has 0 aromatic carbocycles. The van der Waals surface area contributed by atoms with E-state index in [0.29, 0.717) is 25.2 Å². The van der Waals surface area contributed by atoms with E-state index in [2.05, 4.69) is 128 Å². The Hall–Kier alpha value is -6.27. The molecule has 7 aliphatic rings. The van der Waals surface area contributed by atoms with Gasteiger partial charge in [-0.05, 0) is 266 Å². The molecule has 17 nitrogen and oxygen atoms in total. The molecule has 13 rings (SSSR count). The third-order valence-corrected chi connectivity index (χ3v) is 25.7. The number of hydrogen-bond donors (Lipinski definition) is 1.